The standard InChI is InChI=1S/C20H26N2O3S/c1-13-22-16(12-26-13)8-9-21-20(23)11-17(14-4-5-14)15-6-7-18(24-2)19(10-15)25-3/h6-7,10,12,14,17H,4-5,8-9,11H2,1-3H3,(H,21,23). The summed E-state index contributed by atoms with van der Waals surface area (Å²) >= 11 is 1.64. The first-order chi connectivity index (χ1) is 12.6. The van der Waals surface area contributed by atoms with Crippen LogP contribution < -0.4 is 14.8 Å². The Bertz CT molecular complexity index is 755. The zero-order valence-electron chi connectivity index (χ0n) is 15.6. The molecule has 0 spiro atoms. The van der Waals surface area contributed by atoms with Crippen LogP contribution in [0.5, 0.6) is 11.5 Å². The Hall–Kier alpha value is -2.08. The van der Waals surface area contributed by atoms with Gasteiger partial charge in [-0.05, 0) is 49.3 Å². The summed E-state index contributed by atoms with van der Waals surface area (Å²) in [5, 5.41) is 6.16. The van der Waals surface area contributed by atoms with Crippen LogP contribution in [0.2, 0.25) is 0 Å². The highest BCUT2D eigenvalue weighted by Crippen LogP contribution is 2.46. The van der Waals surface area contributed by atoms with Crippen LogP contribution in [0, 0.1) is 12.8 Å². The van der Waals surface area contributed by atoms with E-state index in [1.807, 2.05) is 19.1 Å². The molecule has 1 heterocycles. The van der Waals surface area contributed by atoms with Gasteiger partial charge < -0.3 is 14.8 Å². The molecular formula is C20H26N2O3S. The van der Waals surface area contributed by atoms with E-state index in [0.717, 1.165) is 28.4 Å². The Morgan fingerprint density at radius 1 is 1.31 bits per heavy atom. The molecule has 0 aliphatic heterocycles. The SMILES string of the molecule is COc1ccc(C(CC(=O)NCCc2csc(C)n2)C2CC2)cc1OC. The van der Waals surface area contributed by atoms with Crippen LogP contribution in [0.15, 0.2) is 23.6 Å². The van der Waals surface area contributed by atoms with Gasteiger partial charge in [-0.15, -0.1) is 11.3 Å². The first-order valence-electron chi connectivity index (χ1n) is 9.00. The van der Waals surface area contributed by atoms with Crippen LogP contribution in [0.4, 0.5) is 0 Å². The van der Waals surface area contributed by atoms with E-state index in [2.05, 4.69) is 21.7 Å². The normalized spacial score (nSPS) is 14.7. The summed E-state index contributed by atoms with van der Waals surface area (Å²) in [6.45, 7) is 2.63. The number of nitrogens with zero attached hydrogens (tertiary/aromatic N) is 1. The maximum Gasteiger partial charge on any atom is 0.220 e. The zero-order valence-corrected chi connectivity index (χ0v) is 16.4. The van der Waals surface area contributed by atoms with Crippen molar-refractivity contribution in [3.05, 3.63) is 39.8 Å². The van der Waals surface area contributed by atoms with E-state index >= 15 is 0 Å². The molecule has 1 unspecified atom stereocenters. The number of carbonyl (C=O) groups is 1. The number of nitrogens with one attached hydrogen (secondary N) is 1. The van der Waals surface area contributed by atoms with Crippen molar-refractivity contribution in [3.63, 3.8) is 0 Å². The largest absolute Gasteiger partial charge is 0.493 e. The van der Waals surface area contributed by atoms with E-state index in [1.54, 1.807) is 25.6 Å². The molecule has 0 saturated heterocycles. The third kappa shape index (κ3) is 4.75. The van der Waals surface area contributed by atoms with E-state index in [1.165, 1.54) is 12.8 Å². The number of aryl methyl sites for hydroxylation is 1. The third-order valence-corrected chi connectivity index (χ3v) is 5.62. The molecular weight excluding hydrogens is 348 g/mol. The molecule has 2 aromatic rings. The fourth-order valence-corrected chi connectivity index (χ4v) is 3.91. The molecule has 1 amide bonds. The quantitative estimate of drug-likeness (QED) is 0.727. The lowest BCUT2D eigenvalue weighted by Gasteiger charge is -2.18. The van der Waals surface area contributed by atoms with E-state index in [-0.39, 0.29) is 11.8 Å². The predicted octanol–water partition coefficient (Wildman–Crippen LogP) is 3.71. The van der Waals surface area contributed by atoms with Gasteiger partial charge in [0.2, 0.25) is 5.91 Å². The molecule has 3 rings (SSSR count). The van der Waals surface area contributed by atoms with Gasteiger partial charge in [0.25, 0.3) is 0 Å². The molecule has 1 fully saturated rings. The molecule has 1 aliphatic rings. The summed E-state index contributed by atoms with van der Waals surface area (Å²) in [5.74, 6) is 2.35. The van der Waals surface area contributed by atoms with Crippen molar-refractivity contribution in [3.8, 4) is 11.5 Å². The highest BCUT2D eigenvalue weighted by molar-refractivity contribution is 7.09. The fraction of sp³-hybridized carbons (Fsp3) is 0.500. The number of carbonyl (C=O) groups excluding carboxylic acids is 1. The molecule has 1 aliphatic carbocycles. The fourth-order valence-electron chi connectivity index (χ4n) is 3.26. The monoisotopic (exact) mass is 374 g/mol. The highest BCUT2D eigenvalue weighted by Gasteiger charge is 2.34. The Kier molecular flexibility index (Phi) is 6.14. The van der Waals surface area contributed by atoms with Gasteiger partial charge in [-0.25, -0.2) is 4.98 Å². The van der Waals surface area contributed by atoms with Gasteiger partial charge in [0.05, 0.1) is 24.9 Å². The molecule has 1 saturated carbocycles. The molecule has 1 N–H and O–H groups in total. The van der Waals surface area contributed by atoms with E-state index in [0.29, 0.717) is 24.6 Å². The van der Waals surface area contributed by atoms with Gasteiger partial charge in [0.1, 0.15) is 0 Å². The average Bonchev–Trinajstić information content (AvgIpc) is 3.41. The lowest BCUT2D eigenvalue weighted by atomic mass is 9.90. The minimum atomic E-state index is 0.101. The summed E-state index contributed by atoms with van der Waals surface area (Å²) < 4.78 is 10.7. The number of amides is 1. The third-order valence-electron chi connectivity index (χ3n) is 4.80. The Morgan fingerprint density at radius 3 is 2.69 bits per heavy atom. The molecule has 1 aromatic carbocycles. The van der Waals surface area contributed by atoms with Gasteiger partial charge >= 0.3 is 0 Å². The van der Waals surface area contributed by atoms with Crippen LogP contribution in [0.25, 0.3) is 0 Å². The van der Waals surface area contributed by atoms with Crippen LogP contribution in [-0.4, -0.2) is 31.7 Å². The lowest BCUT2D eigenvalue weighted by molar-refractivity contribution is -0.121. The van der Waals surface area contributed by atoms with Crippen molar-refractivity contribution in [1.82, 2.24) is 10.3 Å². The molecule has 6 heteroatoms. The molecule has 5 nitrogen and oxygen atoms in total. The van der Waals surface area contributed by atoms with Crippen LogP contribution in [0.1, 0.15) is 41.4 Å². The summed E-state index contributed by atoms with van der Waals surface area (Å²) in [6.07, 6.45) is 3.66. The van der Waals surface area contributed by atoms with Crippen molar-refractivity contribution in [1.29, 1.82) is 0 Å². The van der Waals surface area contributed by atoms with E-state index in [9.17, 15) is 4.79 Å². The van der Waals surface area contributed by atoms with Gasteiger partial charge in [-0.1, -0.05) is 6.07 Å². The molecule has 1 aromatic heterocycles. The second-order valence-electron chi connectivity index (χ2n) is 6.72. The molecule has 0 bridgehead atoms. The van der Waals surface area contributed by atoms with Gasteiger partial charge in [0, 0.05) is 24.8 Å². The average molecular weight is 375 g/mol. The Balaban J connectivity index is 1.59. The lowest BCUT2D eigenvalue weighted by Crippen LogP contribution is -2.27. The number of rotatable bonds is 9. The van der Waals surface area contributed by atoms with Crippen molar-refractivity contribution in [2.75, 3.05) is 20.8 Å². The summed E-state index contributed by atoms with van der Waals surface area (Å²) in [7, 11) is 3.27. The topological polar surface area (TPSA) is 60.5 Å². The number of hydrogen-bond acceptors (Lipinski definition) is 5. The number of ether oxygens (including phenoxy) is 2. The maximum absolute atomic E-state index is 12.4. The van der Waals surface area contributed by atoms with Crippen LogP contribution in [-0.2, 0) is 11.2 Å². The van der Waals surface area contributed by atoms with Gasteiger partial charge in [0.15, 0.2) is 11.5 Å². The second kappa shape index (κ2) is 8.54. The Labute approximate surface area is 158 Å². The van der Waals surface area contributed by atoms with Gasteiger partial charge in [-0.3, -0.25) is 4.79 Å². The molecule has 140 valence electrons. The number of methoxy groups -OCH3 is 2. The minimum absolute atomic E-state index is 0.101. The van der Waals surface area contributed by atoms with Crippen LogP contribution >= 0.6 is 11.3 Å². The summed E-state index contributed by atoms with van der Waals surface area (Å²) in [5.41, 5.74) is 2.20. The van der Waals surface area contributed by atoms with Gasteiger partial charge in [-0.2, -0.15) is 0 Å². The summed E-state index contributed by atoms with van der Waals surface area (Å²) in [4.78, 5) is 16.9. The number of thiazole rings is 1. The summed E-state index contributed by atoms with van der Waals surface area (Å²) in [6, 6.07) is 5.98. The van der Waals surface area contributed by atoms with E-state index in [4.69, 9.17) is 9.47 Å². The number of benzene rings is 1. The van der Waals surface area contributed by atoms with E-state index < -0.39 is 0 Å². The molecule has 26 heavy (non-hydrogen) atoms. The van der Waals surface area contributed by atoms with Crippen molar-refractivity contribution in [2.45, 2.75) is 38.5 Å². The zero-order chi connectivity index (χ0) is 18.5. The second-order valence-corrected chi connectivity index (χ2v) is 7.78. The number of hydrogen-bond donors (Lipinski definition) is 1. The first kappa shape index (κ1) is 18.7. The molecule has 0 radical (unpaired) electrons. The Morgan fingerprint density at radius 2 is 2.08 bits per heavy atom. The molecule has 1 atom stereocenters. The first-order valence-corrected chi connectivity index (χ1v) is 9.88. The van der Waals surface area contributed by atoms with Crippen molar-refractivity contribution in [2.24, 2.45) is 5.92 Å². The maximum atomic E-state index is 12.4. The highest BCUT2D eigenvalue weighted by atomic mass is 32.1. The van der Waals surface area contributed by atoms with Crippen molar-refractivity contribution >= 4 is 17.2 Å². The van der Waals surface area contributed by atoms with Crippen molar-refractivity contribution < 1.29 is 14.3 Å². The predicted molar refractivity (Wildman–Crippen MR) is 103 cm³/mol. The number of aromatic nitrogens is 1. The minimum Gasteiger partial charge on any atom is -0.493 e. The smallest absolute Gasteiger partial charge is 0.220 e. The van der Waals surface area contributed by atoms with Crippen LogP contribution in [0.3, 0.4) is 0 Å².